The second kappa shape index (κ2) is 4.04. The lowest BCUT2D eigenvalue weighted by Crippen LogP contribution is -2.50. The summed E-state index contributed by atoms with van der Waals surface area (Å²) >= 11 is 0. The number of halogens is 6. The first-order valence-corrected chi connectivity index (χ1v) is 4.61. The number of rotatable bonds is 4. The molecule has 0 radical (unpaired) electrons. The highest BCUT2D eigenvalue weighted by Gasteiger charge is 2.63. The summed E-state index contributed by atoms with van der Waals surface area (Å²) < 4.78 is 73.5. The minimum absolute atomic E-state index is 0.333. The monoisotopic (exact) mass is 265 g/mol. The van der Waals surface area contributed by atoms with Crippen molar-refractivity contribution in [2.45, 2.75) is 30.7 Å². The zero-order chi connectivity index (χ0) is 13.5. The zero-order valence-electron chi connectivity index (χ0n) is 8.32. The normalized spacial score (nSPS) is 21.1. The van der Waals surface area contributed by atoms with E-state index in [0.717, 1.165) is 0 Å². The topological polar surface area (TPSA) is 49.3 Å². The van der Waals surface area contributed by atoms with Crippen molar-refractivity contribution in [1.82, 2.24) is 5.32 Å². The van der Waals surface area contributed by atoms with Crippen LogP contribution in [0.25, 0.3) is 0 Å². The number of hydrogen-bond acceptors (Lipinski definition) is 2. The van der Waals surface area contributed by atoms with Crippen LogP contribution in [0.15, 0.2) is 0 Å². The Kier molecular flexibility index (Phi) is 3.34. The molecule has 1 saturated carbocycles. The Labute approximate surface area is 91.8 Å². The molecule has 1 unspecified atom stereocenters. The number of hydrogen-bond donors (Lipinski definition) is 2. The van der Waals surface area contributed by atoms with E-state index in [0.29, 0.717) is 0 Å². The van der Waals surface area contributed by atoms with Crippen molar-refractivity contribution in [2.75, 3.05) is 6.54 Å². The second-order valence-electron chi connectivity index (χ2n) is 3.89. The Hall–Kier alpha value is -0.990. The summed E-state index contributed by atoms with van der Waals surface area (Å²) in [5.41, 5.74) is -2.34. The lowest BCUT2D eigenvalue weighted by Gasteiger charge is -2.24. The SMILES string of the molecule is O=C(O)C(CNC1(C(F)(F)F)CC1)C(F)(F)F. The Morgan fingerprint density at radius 2 is 1.71 bits per heavy atom. The summed E-state index contributed by atoms with van der Waals surface area (Å²) in [5, 5.41) is 9.96. The van der Waals surface area contributed by atoms with Gasteiger partial charge in [-0.25, -0.2) is 0 Å². The Bertz CT molecular complexity index is 306. The van der Waals surface area contributed by atoms with Gasteiger partial charge in [0.15, 0.2) is 5.92 Å². The molecule has 0 heterocycles. The summed E-state index contributed by atoms with van der Waals surface area (Å²) in [6, 6.07) is 0. The molecule has 0 bridgehead atoms. The fraction of sp³-hybridized carbons (Fsp3) is 0.875. The maximum atomic E-state index is 12.4. The molecule has 1 atom stereocenters. The van der Waals surface area contributed by atoms with Crippen LogP contribution in [0.2, 0.25) is 0 Å². The molecule has 1 aliphatic rings. The van der Waals surface area contributed by atoms with Gasteiger partial charge >= 0.3 is 18.3 Å². The first-order chi connectivity index (χ1) is 7.50. The maximum Gasteiger partial charge on any atom is 0.406 e. The molecule has 0 amide bonds. The number of aliphatic carboxylic acids is 1. The molecule has 9 heteroatoms. The van der Waals surface area contributed by atoms with Crippen molar-refractivity contribution in [1.29, 1.82) is 0 Å². The molecule has 1 fully saturated rings. The highest BCUT2D eigenvalue weighted by atomic mass is 19.4. The van der Waals surface area contributed by atoms with Crippen molar-refractivity contribution in [3.63, 3.8) is 0 Å². The first kappa shape index (κ1) is 14.1. The van der Waals surface area contributed by atoms with Crippen LogP contribution in [0, 0.1) is 5.92 Å². The van der Waals surface area contributed by atoms with Crippen molar-refractivity contribution < 1.29 is 36.2 Å². The van der Waals surface area contributed by atoms with Gasteiger partial charge in [-0.05, 0) is 12.8 Å². The van der Waals surface area contributed by atoms with Gasteiger partial charge in [0.2, 0.25) is 0 Å². The molecule has 17 heavy (non-hydrogen) atoms. The van der Waals surface area contributed by atoms with Crippen LogP contribution < -0.4 is 5.32 Å². The van der Waals surface area contributed by atoms with Gasteiger partial charge in [-0.2, -0.15) is 26.3 Å². The zero-order valence-corrected chi connectivity index (χ0v) is 8.32. The van der Waals surface area contributed by atoms with E-state index in [2.05, 4.69) is 0 Å². The van der Waals surface area contributed by atoms with Crippen molar-refractivity contribution >= 4 is 5.97 Å². The van der Waals surface area contributed by atoms with Crippen molar-refractivity contribution in [3.05, 3.63) is 0 Å². The Balaban J connectivity index is 2.64. The minimum Gasteiger partial charge on any atom is -0.481 e. The summed E-state index contributed by atoms with van der Waals surface area (Å²) in [6.07, 6.45) is -10.4. The number of alkyl halides is 6. The van der Waals surface area contributed by atoms with Gasteiger partial charge in [0.1, 0.15) is 5.54 Å². The molecule has 1 aliphatic carbocycles. The fourth-order valence-corrected chi connectivity index (χ4v) is 1.33. The quantitative estimate of drug-likeness (QED) is 0.764. The van der Waals surface area contributed by atoms with E-state index in [1.165, 1.54) is 0 Å². The number of nitrogens with one attached hydrogen (secondary N) is 1. The van der Waals surface area contributed by atoms with E-state index in [9.17, 15) is 31.1 Å². The molecular weight excluding hydrogens is 256 g/mol. The number of carboxylic acids is 1. The molecule has 0 aromatic heterocycles. The van der Waals surface area contributed by atoms with Crippen LogP contribution in [0.4, 0.5) is 26.3 Å². The van der Waals surface area contributed by atoms with Crippen LogP contribution in [0.1, 0.15) is 12.8 Å². The van der Waals surface area contributed by atoms with Gasteiger partial charge in [-0.1, -0.05) is 0 Å². The Morgan fingerprint density at radius 3 is 1.94 bits per heavy atom. The van der Waals surface area contributed by atoms with Crippen molar-refractivity contribution in [3.8, 4) is 0 Å². The molecule has 0 aliphatic heterocycles. The van der Waals surface area contributed by atoms with Crippen LogP contribution in [0.3, 0.4) is 0 Å². The molecular formula is C8H9F6NO2. The van der Waals surface area contributed by atoms with Crippen LogP contribution >= 0.6 is 0 Å². The van der Waals surface area contributed by atoms with Gasteiger partial charge < -0.3 is 10.4 Å². The van der Waals surface area contributed by atoms with Gasteiger partial charge in [-0.15, -0.1) is 0 Å². The van der Waals surface area contributed by atoms with E-state index in [1.54, 1.807) is 5.32 Å². The lowest BCUT2D eigenvalue weighted by atomic mass is 10.1. The predicted octanol–water partition coefficient (Wildman–Crippen LogP) is 1.93. The summed E-state index contributed by atoms with van der Waals surface area (Å²) in [4.78, 5) is 10.3. The third kappa shape index (κ3) is 3.02. The van der Waals surface area contributed by atoms with E-state index in [4.69, 9.17) is 5.11 Å². The predicted molar refractivity (Wildman–Crippen MR) is 43.2 cm³/mol. The maximum absolute atomic E-state index is 12.4. The van der Waals surface area contributed by atoms with Crippen LogP contribution in [-0.2, 0) is 4.79 Å². The van der Waals surface area contributed by atoms with E-state index >= 15 is 0 Å². The lowest BCUT2D eigenvalue weighted by molar-refractivity contribution is -0.198. The van der Waals surface area contributed by atoms with Crippen molar-refractivity contribution in [2.24, 2.45) is 5.92 Å². The average Bonchev–Trinajstić information content (AvgIpc) is 2.80. The van der Waals surface area contributed by atoms with Gasteiger partial charge in [0.05, 0.1) is 0 Å². The molecule has 100 valence electrons. The number of carboxylic acid groups (broad SMARTS) is 1. The molecule has 0 aromatic carbocycles. The summed E-state index contributed by atoms with van der Waals surface area (Å²) in [5.74, 6) is -5.02. The summed E-state index contributed by atoms with van der Waals surface area (Å²) in [6.45, 7) is -1.28. The van der Waals surface area contributed by atoms with E-state index < -0.39 is 36.3 Å². The second-order valence-corrected chi connectivity index (χ2v) is 3.89. The molecule has 3 nitrogen and oxygen atoms in total. The van der Waals surface area contributed by atoms with Gasteiger partial charge in [0.25, 0.3) is 0 Å². The van der Waals surface area contributed by atoms with E-state index in [1.807, 2.05) is 0 Å². The molecule has 0 spiro atoms. The van der Waals surface area contributed by atoms with Crippen LogP contribution in [-0.4, -0.2) is 35.5 Å². The highest BCUT2D eigenvalue weighted by molar-refractivity contribution is 5.71. The molecule has 0 saturated heterocycles. The largest absolute Gasteiger partial charge is 0.481 e. The molecule has 2 N–H and O–H groups in total. The molecule has 1 rings (SSSR count). The average molecular weight is 265 g/mol. The third-order valence-corrected chi connectivity index (χ3v) is 2.63. The third-order valence-electron chi connectivity index (χ3n) is 2.63. The first-order valence-electron chi connectivity index (χ1n) is 4.61. The number of carbonyl (C=O) groups is 1. The smallest absolute Gasteiger partial charge is 0.406 e. The standard InChI is InChI=1S/C8H9F6NO2/c9-7(10,11)4(5(16)17)3-15-6(1-2-6)8(12,13)14/h4,15H,1-3H2,(H,16,17). The van der Waals surface area contributed by atoms with Gasteiger partial charge in [0, 0.05) is 6.54 Å². The van der Waals surface area contributed by atoms with Crippen LogP contribution in [0.5, 0.6) is 0 Å². The molecule has 0 aromatic rings. The highest BCUT2D eigenvalue weighted by Crippen LogP contribution is 2.49. The van der Waals surface area contributed by atoms with Gasteiger partial charge in [-0.3, -0.25) is 4.79 Å². The summed E-state index contributed by atoms with van der Waals surface area (Å²) in [7, 11) is 0. The Morgan fingerprint density at radius 1 is 1.24 bits per heavy atom. The minimum atomic E-state index is -5.07. The van der Waals surface area contributed by atoms with E-state index in [-0.39, 0.29) is 12.8 Å². The fourth-order valence-electron chi connectivity index (χ4n) is 1.33.